The van der Waals surface area contributed by atoms with Crippen LogP contribution in [0.25, 0.3) is 0 Å². The fourth-order valence-corrected chi connectivity index (χ4v) is 4.07. The van der Waals surface area contributed by atoms with Crippen LogP contribution in [0.3, 0.4) is 0 Å². The molecular weight excluding hydrogens is 364 g/mol. The number of amides is 2. The van der Waals surface area contributed by atoms with Crippen molar-refractivity contribution >= 4 is 17.6 Å². The summed E-state index contributed by atoms with van der Waals surface area (Å²) in [5, 5.41) is 2.80. The highest BCUT2D eigenvalue weighted by molar-refractivity contribution is 6.38. The molecule has 2 atom stereocenters. The number of nitrogens with one attached hydrogen (secondary N) is 1. The maximum absolute atomic E-state index is 13.1. The molecule has 150 valence electrons. The largest absolute Gasteiger partial charge is 0.347 e. The average molecular weight is 390 g/mol. The van der Waals surface area contributed by atoms with E-state index in [0.29, 0.717) is 25.7 Å². The van der Waals surface area contributed by atoms with Crippen molar-refractivity contribution in [3.8, 4) is 0 Å². The van der Waals surface area contributed by atoms with E-state index in [4.69, 9.17) is 0 Å². The highest BCUT2D eigenvalue weighted by Gasteiger charge is 2.42. The van der Waals surface area contributed by atoms with E-state index in [9.17, 15) is 14.4 Å². The first kappa shape index (κ1) is 19.4. The lowest BCUT2D eigenvalue weighted by molar-refractivity contribution is -0.145. The Morgan fingerprint density at radius 1 is 0.931 bits per heavy atom. The van der Waals surface area contributed by atoms with E-state index in [0.717, 1.165) is 24.0 Å². The predicted molar refractivity (Wildman–Crippen MR) is 110 cm³/mol. The van der Waals surface area contributed by atoms with Gasteiger partial charge in [-0.05, 0) is 36.8 Å². The maximum atomic E-state index is 13.1. The lowest BCUT2D eigenvalue weighted by Gasteiger charge is -2.32. The van der Waals surface area contributed by atoms with Gasteiger partial charge in [-0.2, -0.15) is 0 Å². The molecule has 1 N–H and O–H groups in total. The Bertz CT molecular complexity index is 878. The molecule has 1 aliphatic heterocycles. The van der Waals surface area contributed by atoms with E-state index < -0.39 is 17.7 Å². The number of likely N-dealkylation sites (tertiary alicyclic amines) is 1. The summed E-state index contributed by atoms with van der Waals surface area (Å²) in [6.45, 7) is 0. The summed E-state index contributed by atoms with van der Waals surface area (Å²) in [6, 6.07) is 18.9. The van der Waals surface area contributed by atoms with E-state index in [1.165, 1.54) is 0 Å². The maximum Gasteiger partial charge on any atom is 0.289 e. The molecule has 2 aliphatic rings. The van der Waals surface area contributed by atoms with Crippen LogP contribution in [0.2, 0.25) is 0 Å². The zero-order valence-electron chi connectivity index (χ0n) is 16.4. The Morgan fingerprint density at radius 2 is 1.55 bits per heavy atom. The molecule has 2 fully saturated rings. The molecule has 2 aromatic carbocycles. The Morgan fingerprint density at radius 3 is 2.17 bits per heavy atom. The SMILES string of the molecule is O=C(NC1CC1)C(=O)C(Cc1ccccc1)N1C(=O)CCC1Cc1ccccc1. The molecule has 2 unspecified atom stereocenters. The number of carbonyl (C=O) groups excluding carboxylic acids is 3. The Hall–Kier alpha value is -2.95. The molecule has 1 saturated heterocycles. The van der Waals surface area contributed by atoms with Crippen LogP contribution in [-0.4, -0.2) is 40.6 Å². The van der Waals surface area contributed by atoms with Crippen LogP contribution >= 0.6 is 0 Å². The van der Waals surface area contributed by atoms with Crippen molar-refractivity contribution in [2.45, 2.75) is 56.7 Å². The van der Waals surface area contributed by atoms with Gasteiger partial charge in [0, 0.05) is 24.9 Å². The molecule has 0 spiro atoms. The summed E-state index contributed by atoms with van der Waals surface area (Å²) in [4.78, 5) is 40.2. The third-order valence-corrected chi connectivity index (χ3v) is 5.73. The first-order valence-electron chi connectivity index (χ1n) is 10.4. The normalized spacial score (nSPS) is 19.8. The van der Waals surface area contributed by atoms with Crippen molar-refractivity contribution in [3.05, 3.63) is 71.8 Å². The van der Waals surface area contributed by atoms with Crippen molar-refractivity contribution < 1.29 is 14.4 Å². The van der Waals surface area contributed by atoms with Crippen LogP contribution in [0.4, 0.5) is 0 Å². The molecule has 1 saturated carbocycles. The van der Waals surface area contributed by atoms with E-state index >= 15 is 0 Å². The highest BCUT2D eigenvalue weighted by Crippen LogP contribution is 2.27. The molecule has 5 heteroatoms. The van der Waals surface area contributed by atoms with Crippen molar-refractivity contribution in [1.29, 1.82) is 0 Å². The van der Waals surface area contributed by atoms with Crippen LogP contribution < -0.4 is 5.32 Å². The lowest BCUT2D eigenvalue weighted by Crippen LogP contribution is -2.52. The fraction of sp³-hybridized carbons (Fsp3) is 0.375. The van der Waals surface area contributed by atoms with E-state index in [1.807, 2.05) is 60.7 Å². The highest BCUT2D eigenvalue weighted by atomic mass is 16.2. The summed E-state index contributed by atoms with van der Waals surface area (Å²) in [5.74, 6) is -1.11. The van der Waals surface area contributed by atoms with Gasteiger partial charge >= 0.3 is 0 Å². The molecule has 0 aromatic heterocycles. The van der Waals surface area contributed by atoms with E-state index in [1.54, 1.807) is 4.90 Å². The van der Waals surface area contributed by atoms with Gasteiger partial charge in [-0.25, -0.2) is 0 Å². The first-order valence-corrected chi connectivity index (χ1v) is 10.4. The molecule has 2 amide bonds. The van der Waals surface area contributed by atoms with Gasteiger partial charge in [-0.15, -0.1) is 0 Å². The molecule has 4 rings (SSSR count). The minimum atomic E-state index is -0.764. The topological polar surface area (TPSA) is 66.5 Å². The predicted octanol–water partition coefficient (Wildman–Crippen LogP) is 2.68. The summed E-state index contributed by atoms with van der Waals surface area (Å²) < 4.78 is 0. The summed E-state index contributed by atoms with van der Waals surface area (Å²) >= 11 is 0. The van der Waals surface area contributed by atoms with Gasteiger partial charge in [0.1, 0.15) is 6.04 Å². The molecule has 2 aromatic rings. The molecule has 5 nitrogen and oxygen atoms in total. The van der Waals surface area contributed by atoms with Crippen molar-refractivity contribution in [2.75, 3.05) is 0 Å². The van der Waals surface area contributed by atoms with Crippen LogP contribution in [-0.2, 0) is 27.2 Å². The third-order valence-electron chi connectivity index (χ3n) is 5.73. The number of hydrogen-bond acceptors (Lipinski definition) is 3. The summed E-state index contributed by atoms with van der Waals surface area (Å²) in [6.07, 6.45) is 4.00. The summed E-state index contributed by atoms with van der Waals surface area (Å²) in [5.41, 5.74) is 2.08. The second-order valence-corrected chi connectivity index (χ2v) is 8.00. The Balaban J connectivity index is 1.59. The van der Waals surface area contributed by atoms with Gasteiger partial charge in [-0.1, -0.05) is 60.7 Å². The number of benzene rings is 2. The van der Waals surface area contributed by atoms with Crippen LogP contribution in [0.5, 0.6) is 0 Å². The monoisotopic (exact) mass is 390 g/mol. The first-order chi connectivity index (χ1) is 14.1. The second-order valence-electron chi connectivity index (χ2n) is 8.00. The standard InChI is InChI=1S/C24H26N2O3/c27-22-14-13-20(15-17-7-3-1-4-8-17)26(22)21(16-18-9-5-2-6-10-18)23(28)24(29)25-19-11-12-19/h1-10,19-21H,11-16H2,(H,25,29). The minimum Gasteiger partial charge on any atom is -0.347 e. The van der Waals surface area contributed by atoms with Crippen LogP contribution in [0, 0.1) is 0 Å². The fourth-order valence-electron chi connectivity index (χ4n) is 4.07. The molecule has 0 radical (unpaired) electrons. The zero-order valence-corrected chi connectivity index (χ0v) is 16.4. The number of hydrogen-bond donors (Lipinski definition) is 1. The number of ketones is 1. The number of rotatable bonds is 8. The van der Waals surface area contributed by atoms with E-state index in [-0.39, 0.29) is 18.0 Å². The number of carbonyl (C=O) groups is 3. The number of nitrogens with zero attached hydrogens (tertiary/aromatic N) is 1. The molecule has 1 heterocycles. The minimum absolute atomic E-state index is 0.0422. The molecular formula is C24H26N2O3. The van der Waals surface area contributed by atoms with Crippen molar-refractivity contribution in [1.82, 2.24) is 10.2 Å². The van der Waals surface area contributed by atoms with Crippen molar-refractivity contribution in [2.24, 2.45) is 0 Å². The van der Waals surface area contributed by atoms with Gasteiger partial charge in [0.2, 0.25) is 11.7 Å². The molecule has 29 heavy (non-hydrogen) atoms. The number of Topliss-reactive ketones (excluding diaryl/α,β-unsaturated/α-hetero) is 1. The van der Waals surface area contributed by atoms with Crippen molar-refractivity contribution in [3.63, 3.8) is 0 Å². The van der Waals surface area contributed by atoms with Gasteiger partial charge < -0.3 is 10.2 Å². The lowest BCUT2D eigenvalue weighted by atomic mass is 9.97. The smallest absolute Gasteiger partial charge is 0.289 e. The second kappa shape index (κ2) is 8.60. The molecule has 1 aliphatic carbocycles. The van der Waals surface area contributed by atoms with Gasteiger partial charge in [0.05, 0.1) is 0 Å². The van der Waals surface area contributed by atoms with E-state index in [2.05, 4.69) is 5.32 Å². The third kappa shape index (κ3) is 4.73. The zero-order chi connectivity index (χ0) is 20.2. The van der Waals surface area contributed by atoms with Gasteiger partial charge in [0.25, 0.3) is 5.91 Å². The van der Waals surface area contributed by atoms with Gasteiger partial charge in [-0.3, -0.25) is 14.4 Å². The van der Waals surface area contributed by atoms with Crippen LogP contribution in [0.15, 0.2) is 60.7 Å². The Labute approximate surface area is 171 Å². The molecule has 0 bridgehead atoms. The Kier molecular flexibility index (Phi) is 5.74. The van der Waals surface area contributed by atoms with Gasteiger partial charge in [0.15, 0.2) is 0 Å². The van der Waals surface area contributed by atoms with Crippen LogP contribution in [0.1, 0.15) is 36.8 Å². The average Bonchev–Trinajstić information content (AvgIpc) is 3.49. The quantitative estimate of drug-likeness (QED) is 0.705. The summed E-state index contributed by atoms with van der Waals surface area (Å²) in [7, 11) is 0.